The summed E-state index contributed by atoms with van der Waals surface area (Å²) in [5, 5.41) is 0. The Morgan fingerprint density at radius 3 is 2.17 bits per heavy atom. The van der Waals surface area contributed by atoms with Gasteiger partial charge in [-0.15, -0.1) is 0 Å². The van der Waals surface area contributed by atoms with Gasteiger partial charge in [-0.3, -0.25) is 4.90 Å². The van der Waals surface area contributed by atoms with Crippen LogP contribution in [0.3, 0.4) is 0 Å². The van der Waals surface area contributed by atoms with Gasteiger partial charge in [0.15, 0.2) is 0 Å². The van der Waals surface area contributed by atoms with Gasteiger partial charge in [0.25, 0.3) is 10.2 Å². The Hall–Kier alpha value is -1.33. The molecule has 4 heterocycles. The van der Waals surface area contributed by atoms with Crippen LogP contribution < -0.4 is 4.90 Å². The van der Waals surface area contributed by atoms with Crippen LogP contribution in [0, 0.1) is 0 Å². The third-order valence-electron chi connectivity index (χ3n) is 5.91. The predicted molar refractivity (Wildman–Crippen MR) is 111 cm³/mol. The minimum Gasteiger partial charge on any atom is -0.378 e. The first-order chi connectivity index (χ1) is 14.1. The second-order valence-electron chi connectivity index (χ2n) is 7.99. The van der Waals surface area contributed by atoms with E-state index in [0.29, 0.717) is 26.2 Å². The van der Waals surface area contributed by atoms with Crippen molar-refractivity contribution in [1.82, 2.24) is 23.5 Å². The van der Waals surface area contributed by atoms with E-state index in [1.54, 1.807) is 8.61 Å². The van der Waals surface area contributed by atoms with Crippen molar-refractivity contribution in [3.63, 3.8) is 0 Å². The largest absolute Gasteiger partial charge is 0.378 e. The first-order valence-electron chi connectivity index (χ1n) is 10.7. The fourth-order valence-corrected chi connectivity index (χ4v) is 5.93. The Balaban J connectivity index is 1.31. The van der Waals surface area contributed by atoms with Gasteiger partial charge >= 0.3 is 0 Å². The van der Waals surface area contributed by atoms with E-state index in [1.807, 2.05) is 12.4 Å². The van der Waals surface area contributed by atoms with Crippen LogP contribution in [-0.2, 0) is 21.5 Å². The van der Waals surface area contributed by atoms with E-state index >= 15 is 0 Å². The van der Waals surface area contributed by atoms with E-state index < -0.39 is 10.2 Å². The molecule has 0 N–H and O–H groups in total. The first-order valence-corrected chi connectivity index (χ1v) is 12.1. The monoisotopic (exact) mass is 424 g/mol. The maximum atomic E-state index is 12.9. The molecule has 0 saturated carbocycles. The Bertz CT molecular complexity index is 748. The highest BCUT2D eigenvalue weighted by Gasteiger charge is 2.31. The summed E-state index contributed by atoms with van der Waals surface area (Å²) in [4.78, 5) is 13.5. The average molecular weight is 425 g/mol. The SMILES string of the molecule is O=S(=O)(N1CCCCC1)N1CCCN(Cc2cnc(N3CCOCC3)nc2)CC1. The van der Waals surface area contributed by atoms with E-state index in [0.717, 1.165) is 83.1 Å². The van der Waals surface area contributed by atoms with Crippen molar-refractivity contribution >= 4 is 16.2 Å². The molecule has 3 saturated heterocycles. The molecule has 0 aliphatic carbocycles. The van der Waals surface area contributed by atoms with Crippen molar-refractivity contribution in [2.75, 3.05) is 70.5 Å². The zero-order chi connectivity index (χ0) is 20.1. The second kappa shape index (κ2) is 9.65. The summed E-state index contributed by atoms with van der Waals surface area (Å²) in [6, 6.07) is 0. The molecular weight excluding hydrogens is 392 g/mol. The molecule has 0 aromatic carbocycles. The van der Waals surface area contributed by atoms with E-state index in [1.165, 1.54) is 0 Å². The van der Waals surface area contributed by atoms with Crippen molar-refractivity contribution in [3.05, 3.63) is 18.0 Å². The molecule has 1 aromatic heterocycles. The Labute approximate surface area is 173 Å². The summed E-state index contributed by atoms with van der Waals surface area (Å²) >= 11 is 0. The molecule has 0 radical (unpaired) electrons. The lowest BCUT2D eigenvalue weighted by atomic mass is 10.2. The minimum absolute atomic E-state index is 0.547. The van der Waals surface area contributed by atoms with Gasteiger partial charge in [-0.25, -0.2) is 9.97 Å². The van der Waals surface area contributed by atoms with Gasteiger partial charge in [0.2, 0.25) is 5.95 Å². The zero-order valence-corrected chi connectivity index (χ0v) is 17.9. The smallest absolute Gasteiger partial charge is 0.282 e. The van der Waals surface area contributed by atoms with Crippen molar-refractivity contribution < 1.29 is 13.2 Å². The molecule has 0 atom stereocenters. The number of morpholine rings is 1. The quantitative estimate of drug-likeness (QED) is 0.683. The van der Waals surface area contributed by atoms with Gasteiger partial charge in [-0.05, 0) is 25.8 Å². The third-order valence-corrected chi connectivity index (χ3v) is 7.94. The predicted octanol–water partition coefficient (Wildman–Crippen LogP) is 0.552. The van der Waals surface area contributed by atoms with E-state index in [2.05, 4.69) is 19.8 Å². The molecule has 162 valence electrons. The maximum absolute atomic E-state index is 12.9. The standard InChI is InChI=1S/C19H32N6O3S/c26-29(27,24-6-2-1-3-7-24)25-8-4-5-22(9-10-25)17-18-15-20-19(21-16-18)23-11-13-28-14-12-23/h15-16H,1-14,17H2. The Morgan fingerprint density at radius 1 is 0.793 bits per heavy atom. The lowest BCUT2D eigenvalue weighted by Crippen LogP contribution is -2.47. The lowest BCUT2D eigenvalue weighted by Gasteiger charge is -2.31. The second-order valence-corrected chi connectivity index (χ2v) is 9.92. The molecule has 3 aliphatic heterocycles. The summed E-state index contributed by atoms with van der Waals surface area (Å²) < 4.78 is 34.6. The molecule has 0 unspecified atom stereocenters. The highest BCUT2D eigenvalue weighted by Crippen LogP contribution is 2.19. The molecule has 9 nitrogen and oxygen atoms in total. The van der Waals surface area contributed by atoms with Crippen LogP contribution >= 0.6 is 0 Å². The van der Waals surface area contributed by atoms with Gasteiger partial charge in [-0.2, -0.15) is 17.0 Å². The molecule has 29 heavy (non-hydrogen) atoms. The average Bonchev–Trinajstić information content (AvgIpc) is 3.02. The normalized spacial score (nSPS) is 23.8. The molecule has 1 aromatic rings. The number of ether oxygens (including phenoxy) is 1. The first kappa shape index (κ1) is 20.9. The number of nitrogens with zero attached hydrogens (tertiary/aromatic N) is 6. The molecule has 4 rings (SSSR count). The third kappa shape index (κ3) is 5.24. The van der Waals surface area contributed by atoms with Crippen LogP contribution in [0.25, 0.3) is 0 Å². The molecule has 3 aliphatic rings. The van der Waals surface area contributed by atoms with Crippen LogP contribution in [0.1, 0.15) is 31.2 Å². The summed E-state index contributed by atoms with van der Waals surface area (Å²) in [5.41, 5.74) is 1.06. The van der Waals surface area contributed by atoms with Crippen LogP contribution in [0.4, 0.5) is 5.95 Å². The van der Waals surface area contributed by atoms with Gasteiger partial charge in [0.1, 0.15) is 0 Å². The summed E-state index contributed by atoms with van der Waals surface area (Å²) in [5.74, 6) is 0.756. The number of rotatable bonds is 5. The summed E-state index contributed by atoms with van der Waals surface area (Å²) in [6.07, 6.45) is 7.71. The number of aromatic nitrogens is 2. The maximum Gasteiger partial charge on any atom is 0.282 e. The van der Waals surface area contributed by atoms with Gasteiger partial charge < -0.3 is 9.64 Å². The lowest BCUT2D eigenvalue weighted by molar-refractivity contribution is 0.122. The molecule has 3 fully saturated rings. The topological polar surface area (TPSA) is 82.1 Å². The zero-order valence-electron chi connectivity index (χ0n) is 17.1. The number of hydrogen-bond donors (Lipinski definition) is 0. The number of anilines is 1. The van der Waals surface area contributed by atoms with Crippen LogP contribution in [0.15, 0.2) is 12.4 Å². The minimum atomic E-state index is -3.32. The van der Waals surface area contributed by atoms with Gasteiger partial charge in [0.05, 0.1) is 13.2 Å². The highest BCUT2D eigenvalue weighted by atomic mass is 32.2. The number of hydrogen-bond acceptors (Lipinski definition) is 7. The molecule has 0 bridgehead atoms. The highest BCUT2D eigenvalue weighted by molar-refractivity contribution is 7.86. The van der Waals surface area contributed by atoms with E-state index in [-0.39, 0.29) is 0 Å². The molecule has 10 heteroatoms. The summed E-state index contributed by atoms with van der Waals surface area (Å²) in [7, 11) is -3.32. The Morgan fingerprint density at radius 2 is 1.45 bits per heavy atom. The fraction of sp³-hybridized carbons (Fsp3) is 0.789. The van der Waals surface area contributed by atoms with Crippen molar-refractivity contribution in [1.29, 1.82) is 0 Å². The van der Waals surface area contributed by atoms with Crippen LogP contribution in [-0.4, -0.2) is 97.5 Å². The van der Waals surface area contributed by atoms with Gasteiger partial charge in [-0.1, -0.05) is 6.42 Å². The Kier molecular flexibility index (Phi) is 6.96. The van der Waals surface area contributed by atoms with E-state index in [9.17, 15) is 8.42 Å². The molecule has 0 amide bonds. The van der Waals surface area contributed by atoms with Crippen molar-refractivity contribution in [2.45, 2.75) is 32.2 Å². The summed E-state index contributed by atoms with van der Waals surface area (Å²) in [6.45, 7) is 7.93. The molecular formula is C19H32N6O3S. The van der Waals surface area contributed by atoms with Crippen LogP contribution in [0.2, 0.25) is 0 Å². The van der Waals surface area contributed by atoms with Crippen LogP contribution in [0.5, 0.6) is 0 Å². The number of piperidine rings is 1. The van der Waals surface area contributed by atoms with Crippen molar-refractivity contribution in [3.8, 4) is 0 Å². The fourth-order valence-electron chi connectivity index (χ4n) is 4.21. The van der Waals surface area contributed by atoms with Gasteiger partial charge in [0, 0.05) is 70.3 Å². The van der Waals surface area contributed by atoms with Crippen molar-refractivity contribution in [2.24, 2.45) is 0 Å². The molecule has 0 spiro atoms. The van der Waals surface area contributed by atoms with E-state index in [4.69, 9.17) is 4.74 Å².